The summed E-state index contributed by atoms with van der Waals surface area (Å²) < 4.78 is 41.0. The lowest BCUT2D eigenvalue weighted by atomic mass is 10.0. The Labute approximate surface area is 287 Å². The van der Waals surface area contributed by atoms with E-state index in [1.165, 1.54) is 48.8 Å². The molecule has 2 amide bonds. The van der Waals surface area contributed by atoms with Crippen molar-refractivity contribution in [3.63, 3.8) is 0 Å². The third kappa shape index (κ3) is 8.42. The maximum absolute atomic E-state index is 15.3. The van der Waals surface area contributed by atoms with Gasteiger partial charge in [0.05, 0.1) is 11.2 Å². The summed E-state index contributed by atoms with van der Waals surface area (Å²) in [4.78, 5) is 46.4. The molecule has 0 spiro atoms. The second-order valence-corrected chi connectivity index (χ2v) is 13.0. The zero-order valence-corrected chi connectivity index (χ0v) is 28.3. The van der Waals surface area contributed by atoms with Crippen LogP contribution in [0.2, 0.25) is 0 Å². The maximum Gasteiger partial charge on any atom is 0.410 e. The van der Waals surface area contributed by atoms with Crippen molar-refractivity contribution in [2.45, 2.75) is 45.8 Å². The van der Waals surface area contributed by atoms with Crippen LogP contribution in [-0.4, -0.2) is 73.9 Å². The quantitative estimate of drug-likeness (QED) is 0.261. The first kappa shape index (κ1) is 35.5. The van der Waals surface area contributed by atoms with E-state index < -0.39 is 34.2 Å². The lowest BCUT2D eigenvalue weighted by molar-refractivity contribution is 0.00781. The summed E-state index contributed by atoms with van der Waals surface area (Å²) in [6, 6.07) is 11.5. The number of halogens is 2. The van der Waals surface area contributed by atoms with E-state index in [1.54, 1.807) is 4.90 Å². The predicted molar refractivity (Wildman–Crippen MR) is 183 cm³/mol. The van der Waals surface area contributed by atoms with Gasteiger partial charge in [-0.2, -0.15) is 9.78 Å². The summed E-state index contributed by atoms with van der Waals surface area (Å²) in [6.45, 7) is 11.5. The number of rotatable bonds is 6. The van der Waals surface area contributed by atoms with Gasteiger partial charge >= 0.3 is 6.09 Å². The van der Waals surface area contributed by atoms with Crippen LogP contribution >= 0.6 is 0 Å². The second-order valence-electron chi connectivity index (χ2n) is 13.0. The third-order valence-electron chi connectivity index (χ3n) is 7.73. The Morgan fingerprint density at radius 3 is 2.28 bits per heavy atom. The minimum atomic E-state index is -0.807. The van der Waals surface area contributed by atoms with E-state index in [1.807, 2.05) is 34.6 Å². The van der Waals surface area contributed by atoms with E-state index >= 15 is 4.39 Å². The predicted octanol–water partition coefficient (Wildman–Crippen LogP) is 5.22. The minimum Gasteiger partial charge on any atom is -0.453 e. The summed E-state index contributed by atoms with van der Waals surface area (Å²) in [7, 11) is 0. The molecular formula is C36H37F2N7O5. The first-order valence-electron chi connectivity index (χ1n) is 15.7. The van der Waals surface area contributed by atoms with E-state index in [4.69, 9.17) is 15.2 Å². The Balaban J connectivity index is 1.28. The molecule has 0 unspecified atom stereocenters. The van der Waals surface area contributed by atoms with Crippen LogP contribution in [-0.2, 0) is 4.74 Å². The number of hydrogen-bond donors (Lipinski definition) is 2. The average Bonchev–Trinajstić information content (AvgIpc) is 3.05. The Morgan fingerprint density at radius 1 is 0.920 bits per heavy atom. The van der Waals surface area contributed by atoms with Crippen LogP contribution in [0.5, 0.6) is 11.5 Å². The van der Waals surface area contributed by atoms with Crippen LogP contribution in [0.3, 0.4) is 0 Å². The lowest BCUT2D eigenvalue weighted by Crippen LogP contribution is -2.55. The summed E-state index contributed by atoms with van der Waals surface area (Å²) in [5.74, 6) is 4.29. The summed E-state index contributed by atoms with van der Waals surface area (Å²) in [5, 5.41) is 6.46. The number of aromatic nitrogens is 3. The largest absolute Gasteiger partial charge is 0.453 e. The SMILES string of the molecule is CC(C)(C)OC(=O)N1CCN(C(C)(C)C#Cc2c(Oc3ccc(NC(=O)c4ccnn(-c5ccc(F)cc5)c4=O)cc3F)ccnc2N)CC1. The maximum atomic E-state index is 15.3. The normalized spacial score (nSPS) is 13.6. The molecule has 260 valence electrons. The monoisotopic (exact) mass is 685 g/mol. The van der Waals surface area contributed by atoms with Crippen LogP contribution in [0.4, 0.5) is 25.1 Å². The first-order valence-corrected chi connectivity index (χ1v) is 15.7. The molecule has 3 N–H and O–H groups in total. The van der Waals surface area contributed by atoms with Gasteiger partial charge in [0.1, 0.15) is 34.1 Å². The van der Waals surface area contributed by atoms with Gasteiger partial charge in [-0.1, -0.05) is 11.8 Å². The van der Waals surface area contributed by atoms with Gasteiger partial charge in [-0.25, -0.2) is 18.6 Å². The number of nitrogens with one attached hydrogen (secondary N) is 1. The van der Waals surface area contributed by atoms with Crippen molar-refractivity contribution in [3.05, 3.63) is 100 Å². The van der Waals surface area contributed by atoms with Crippen LogP contribution in [0.1, 0.15) is 50.5 Å². The standard InChI is InChI=1S/C36H37F2N7O5/c1-35(2,3)50-34(48)43-18-20-44(21-19-43)36(4,5)15-12-26-29(14-16-40-31(26)39)49-30-11-8-24(22-28(30)38)42-32(46)27-13-17-41-45(33(27)47)25-9-6-23(37)7-10-25/h6-11,13-14,16-17,22H,18-21H2,1-5H3,(H2,39,40)(H,42,46). The number of amides is 2. The smallest absolute Gasteiger partial charge is 0.410 e. The van der Waals surface area contributed by atoms with E-state index in [9.17, 15) is 18.8 Å². The highest BCUT2D eigenvalue weighted by atomic mass is 19.1. The molecule has 3 heterocycles. The fourth-order valence-electron chi connectivity index (χ4n) is 5.07. The van der Waals surface area contributed by atoms with Crippen LogP contribution in [0, 0.1) is 23.5 Å². The molecule has 2 aromatic carbocycles. The van der Waals surface area contributed by atoms with Crippen molar-refractivity contribution in [1.29, 1.82) is 0 Å². The zero-order valence-electron chi connectivity index (χ0n) is 28.3. The summed E-state index contributed by atoms with van der Waals surface area (Å²) in [6.07, 6.45) is 2.32. The highest BCUT2D eigenvalue weighted by molar-refractivity contribution is 6.04. The molecule has 2 aromatic heterocycles. The van der Waals surface area contributed by atoms with Gasteiger partial charge in [-0.3, -0.25) is 14.5 Å². The van der Waals surface area contributed by atoms with Crippen LogP contribution in [0.25, 0.3) is 5.69 Å². The van der Waals surface area contributed by atoms with Gasteiger partial charge in [0, 0.05) is 56.4 Å². The molecule has 14 heteroatoms. The van der Waals surface area contributed by atoms with Gasteiger partial charge in [-0.15, -0.1) is 0 Å². The van der Waals surface area contributed by atoms with E-state index in [2.05, 4.69) is 32.1 Å². The topological polar surface area (TPSA) is 145 Å². The number of anilines is 2. The molecule has 0 saturated carbocycles. The highest BCUT2D eigenvalue weighted by Crippen LogP contribution is 2.31. The number of hydrogen-bond acceptors (Lipinski definition) is 9. The molecule has 0 bridgehead atoms. The van der Waals surface area contributed by atoms with Gasteiger partial charge in [0.2, 0.25) is 0 Å². The molecule has 4 aromatic rings. The number of piperazine rings is 1. The molecule has 50 heavy (non-hydrogen) atoms. The Morgan fingerprint density at radius 2 is 1.62 bits per heavy atom. The number of nitrogen functional groups attached to an aromatic ring is 1. The van der Waals surface area contributed by atoms with Crippen molar-refractivity contribution in [2.75, 3.05) is 37.2 Å². The summed E-state index contributed by atoms with van der Waals surface area (Å²) >= 11 is 0. The third-order valence-corrected chi connectivity index (χ3v) is 7.73. The molecule has 1 aliphatic rings. The fourth-order valence-corrected chi connectivity index (χ4v) is 5.07. The van der Waals surface area contributed by atoms with Crippen molar-refractivity contribution in [1.82, 2.24) is 24.6 Å². The van der Waals surface area contributed by atoms with Crippen molar-refractivity contribution < 1.29 is 27.8 Å². The number of benzene rings is 2. The number of ether oxygens (including phenoxy) is 2. The molecule has 12 nitrogen and oxygen atoms in total. The highest BCUT2D eigenvalue weighted by Gasteiger charge is 2.32. The molecule has 1 aliphatic heterocycles. The molecule has 5 rings (SSSR count). The molecule has 0 radical (unpaired) electrons. The van der Waals surface area contributed by atoms with Crippen LogP contribution < -0.4 is 21.3 Å². The molecule has 0 aliphatic carbocycles. The zero-order chi connectivity index (χ0) is 36.2. The van der Waals surface area contributed by atoms with E-state index in [-0.39, 0.29) is 45.9 Å². The number of pyridine rings is 1. The number of nitrogens with two attached hydrogens (primary N) is 1. The summed E-state index contributed by atoms with van der Waals surface area (Å²) in [5.41, 5.74) is 4.56. The molecule has 1 fully saturated rings. The van der Waals surface area contributed by atoms with Gasteiger partial charge in [0.25, 0.3) is 11.5 Å². The molecular weight excluding hydrogens is 648 g/mol. The lowest BCUT2D eigenvalue weighted by Gasteiger charge is -2.41. The van der Waals surface area contributed by atoms with E-state index in [0.717, 1.165) is 22.9 Å². The number of carbonyl (C=O) groups excluding carboxylic acids is 2. The Hall–Kier alpha value is -5.81. The van der Waals surface area contributed by atoms with Crippen LogP contribution in [0.15, 0.2) is 71.8 Å². The Kier molecular flexibility index (Phi) is 10.2. The fraction of sp³-hybridized carbons (Fsp3) is 0.306. The Bertz CT molecular complexity index is 2020. The van der Waals surface area contributed by atoms with Gasteiger partial charge in [0.15, 0.2) is 11.6 Å². The van der Waals surface area contributed by atoms with Crippen molar-refractivity contribution in [3.8, 4) is 29.0 Å². The van der Waals surface area contributed by atoms with Crippen molar-refractivity contribution >= 4 is 23.5 Å². The number of carbonyl (C=O) groups is 2. The first-order chi connectivity index (χ1) is 23.6. The number of nitrogens with zero attached hydrogens (tertiary/aromatic N) is 5. The van der Waals surface area contributed by atoms with Crippen molar-refractivity contribution in [2.24, 2.45) is 0 Å². The van der Waals surface area contributed by atoms with Gasteiger partial charge in [-0.05, 0) is 77.1 Å². The van der Waals surface area contributed by atoms with E-state index in [0.29, 0.717) is 26.2 Å². The average molecular weight is 686 g/mol. The molecule has 0 atom stereocenters. The second kappa shape index (κ2) is 14.4. The van der Waals surface area contributed by atoms with Gasteiger partial charge < -0.3 is 25.4 Å². The molecule has 1 saturated heterocycles. The minimum absolute atomic E-state index is 0.0622.